The fourth-order valence-electron chi connectivity index (χ4n) is 5.15. The zero-order valence-corrected chi connectivity index (χ0v) is 24.1. The number of nitrogens with zero attached hydrogens (tertiary/aromatic N) is 6. The molecule has 1 spiro atoms. The Bertz CT molecular complexity index is 1570. The zero-order valence-electron chi connectivity index (χ0n) is 23.3. The number of hydrogen-bond acceptors (Lipinski definition) is 10. The summed E-state index contributed by atoms with van der Waals surface area (Å²) >= 11 is 1.66. The van der Waals surface area contributed by atoms with Crippen LogP contribution in [0.4, 0.5) is 23.0 Å². The van der Waals surface area contributed by atoms with Crippen molar-refractivity contribution in [1.29, 1.82) is 0 Å². The van der Waals surface area contributed by atoms with Gasteiger partial charge in [-0.2, -0.15) is 10.1 Å². The first kappa shape index (κ1) is 26.9. The highest BCUT2D eigenvalue weighted by molar-refractivity contribution is 7.13. The predicted octanol–water partition coefficient (Wildman–Crippen LogP) is 4.17. The number of nitrogens with one attached hydrogen (secondary N) is 2. The van der Waals surface area contributed by atoms with Crippen LogP contribution in [-0.4, -0.2) is 78.1 Å². The molecule has 212 valence electrons. The van der Waals surface area contributed by atoms with E-state index in [1.165, 1.54) is 6.08 Å². The van der Waals surface area contributed by atoms with Gasteiger partial charge in [0.15, 0.2) is 5.82 Å². The Labute approximate surface area is 242 Å². The van der Waals surface area contributed by atoms with Crippen LogP contribution in [0, 0.1) is 5.41 Å². The second-order valence-electron chi connectivity index (χ2n) is 10.6. The molecule has 2 aliphatic rings. The largest absolute Gasteiger partial charge is 0.494 e. The van der Waals surface area contributed by atoms with Crippen LogP contribution in [0.15, 0.2) is 60.8 Å². The summed E-state index contributed by atoms with van der Waals surface area (Å²) in [6, 6.07) is 9.67. The molecular formula is C29H32N8O3S. The van der Waals surface area contributed by atoms with Crippen LogP contribution in [0.2, 0.25) is 0 Å². The van der Waals surface area contributed by atoms with Gasteiger partial charge >= 0.3 is 0 Å². The normalized spacial score (nSPS) is 15.4. The third-order valence-electron chi connectivity index (χ3n) is 7.12. The molecular weight excluding hydrogens is 540 g/mol. The van der Waals surface area contributed by atoms with Crippen LogP contribution in [0.3, 0.4) is 0 Å². The maximum absolute atomic E-state index is 12.3. The van der Waals surface area contributed by atoms with E-state index in [2.05, 4.69) is 38.1 Å². The van der Waals surface area contributed by atoms with Gasteiger partial charge in [0.1, 0.15) is 11.4 Å². The first-order valence-electron chi connectivity index (χ1n) is 13.2. The Hall–Kier alpha value is -4.26. The Balaban J connectivity index is 1.31. The molecule has 4 aromatic rings. The molecule has 12 heteroatoms. The van der Waals surface area contributed by atoms with E-state index in [1.807, 2.05) is 49.9 Å². The van der Waals surface area contributed by atoms with Crippen molar-refractivity contribution >= 4 is 40.3 Å². The summed E-state index contributed by atoms with van der Waals surface area (Å²) in [5.41, 5.74) is 4.38. The van der Waals surface area contributed by atoms with Crippen molar-refractivity contribution in [1.82, 2.24) is 24.6 Å². The lowest BCUT2D eigenvalue weighted by Gasteiger charge is -2.56. The van der Waals surface area contributed by atoms with Crippen LogP contribution in [0.5, 0.6) is 5.75 Å². The first-order chi connectivity index (χ1) is 19.9. The fraction of sp³-hybridized carbons (Fsp3) is 0.310. The van der Waals surface area contributed by atoms with Crippen molar-refractivity contribution in [2.24, 2.45) is 5.41 Å². The summed E-state index contributed by atoms with van der Waals surface area (Å²) in [5, 5.41) is 13.1. The molecule has 0 atom stereocenters. The third-order valence-corrected chi connectivity index (χ3v) is 8.00. The van der Waals surface area contributed by atoms with Crippen LogP contribution in [0.1, 0.15) is 5.56 Å². The summed E-state index contributed by atoms with van der Waals surface area (Å²) in [4.78, 5) is 26.9. The van der Waals surface area contributed by atoms with Crippen molar-refractivity contribution in [3.63, 3.8) is 0 Å². The number of carbonyl (C=O) groups excluding carboxylic acids is 1. The standard InChI is InChI=1S/C29H32N8O3S/c1-5-26(38)31-20-11-21(23(39-4)12-22(20)36-15-29(16-36)17-40-18-29)32-28-30-9-8-25(33-28)37-14-19(13-35(2)3)27(34-37)24-7-6-10-41-24/h5-12,14H,1,13,15-18H2,2-4H3,(H,31,38)(H,30,32,33). The number of ether oxygens (including phenoxy) is 2. The molecule has 2 fully saturated rings. The molecule has 0 aliphatic carbocycles. The average molecular weight is 573 g/mol. The van der Waals surface area contributed by atoms with Gasteiger partial charge in [0.05, 0.1) is 47.7 Å². The summed E-state index contributed by atoms with van der Waals surface area (Å²) < 4.78 is 12.9. The quantitative estimate of drug-likeness (QED) is 0.271. The van der Waals surface area contributed by atoms with E-state index in [4.69, 9.17) is 19.6 Å². The number of aromatic nitrogens is 4. The Kier molecular flexibility index (Phi) is 7.20. The highest BCUT2D eigenvalue weighted by atomic mass is 32.1. The number of amides is 1. The molecule has 0 bridgehead atoms. The van der Waals surface area contributed by atoms with Gasteiger partial charge in [-0.1, -0.05) is 12.6 Å². The molecule has 5 heterocycles. The summed E-state index contributed by atoms with van der Waals surface area (Å²) in [6.07, 6.45) is 4.95. The topological polar surface area (TPSA) is 110 Å². The maximum atomic E-state index is 12.3. The molecule has 2 saturated heterocycles. The molecule has 0 saturated carbocycles. The molecule has 0 unspecified atom stereocenters. The Morgan fingerprint density at radius 2 is 2.10 bits per heavy atom. The van der Waals surface area contributed by atoms with Gasteiger partial charge in [-0.25, -0.2) is 9.67 Å². The van der Waals surface area contributed by atoms with E-state index in [0.717, 1.165) is 54.7 Å². The van der Waals surface area contributed by atoms with E-state index in [9.17, 15) is 4.79 Å². The van der Waals surface area contributed by atoms with E-state index < -0.39 is 0 Å². The number of methoxy groups -OCH3 is 1. The molecule has 2 aliphatic heterocycles. The minimum Gasteiger partial charge on any atom is -0.494 e. The molecule has 1 amide bonds. The number of carbonyl (C=O) groups is 1. The summed E-state index contributed by atoms with van der Waals surface area (Å²) in [6.45, 7) is 7.60. The fourth-order valence-corrected chi connectivity index (χ4v) is 5.89. The van der Waals surface area contributed by atoms with E-state index in [1.54, 1.807) is 29.3 Å². The van der Waals surface area contributed by atoms with Gasteiger partial charge in [-0.05, 0) is 37.7 Å². The predicted molar refractivity (Wildman–Crippen MR) is 160 cm³/mol. The van der Waals surface area contributed by atoms with Gasteiger partial charge in [-0.3, -0.25) is 4.79 Å². The minimum absolute atomic E-state index is 0.209. The lowest BCUT2D eigenvalue weighted by atomic mass is 9.77. The monoisotopic (exact) mass is 572 g/mol. The number of benzene rings is 1. The van der Waals surface area contributed by atoms with Crippen molar-refractivity contribution in [3.8, 4) is 22.1 Å². The maximum Gasteiger partial charge on any atom is 0.247 e. The van der Waals surface area contributed by atoms with Crippen molar-refractivity contribution in [2.75, 3.05) is 63.0 Å². The highest BCUT2D eigenvalue weighted by Crippen LogP contribution is 2.45. The van der Waals surface area contributed by atoms with Crippen LogP contribution in [0.25, 0.3) is 16.4 Å². The number of thiophene rings is 1. The van der Waals surface area contributed by atoms with Gasteiger partial charge in [0.2, 0.25) is 11.9 Å². The van der Waals surface area contributed by atoms with E-state index in [0.29, 0.717) is 28.9 Å². The smallest absolute Gasteiger partial charge is 0.247 e. The van der Waals surface area contributed by atoms with Crippen LogP contribution >= 0.6 is 11.3 Å². The molecule has 3 aromatic heterocycles. The average Bonchev–Trinajstić information content (AvgIpc) is 3.58. The number of hydrogen-bond donors (Lipinski definition) is 2. The van der Waals surface area contributed by atoms with E-state index >= 15 is 0 Å². The van der Waals surface area contributed by atoms with Crippen molar-refractivity contribution in [2.45, 2.75) is 6.54 Å². The number of anilines is 4. The van der Waals surface area contributed by atoms with E-state index in [-0.39, 0.29) is 11.3 Å². The Morgan fingerprint density at radius 3 is 2.76 bits per heavy atom. The molecule has 1 aromatic carbocycles. The second-order valence-corrected chi connectivity index (χ2v) is 11.6. The SMILES string of the molecule is C=CC(=O)Nc1cc(Nc2nccc(-n3cc(CN(C)C)c(-c4cccs4)n3)n2)c(OC)cc1N1CC2(COC2)C1. The summed E-state index contributed by atoms with van der Waals surface area (Å²) in [5.74, 6) is 1.29. The van der Waals surface area contributed by atoms with Crippen molar-refractivity contribution < 1.29 is 14.3 Å². The van der Waals surface area contributed by atoms with Gasteiger partial charge in [0.25, 0.3) is 0 Å². The molecule has 41 heavy (non-hydrogen) atoms. The van der Waals surface area contributed by atoms with Gasteiger partial charge in [-0.15, -0.1) is 11.3 Å². The van der Waals surface area contributed by atoms with Crippen LogP contribution < -0.4 is 20.3 Å². The zero-order chi connectivity index (χ0) is 28.6. The molecule has 6 rings (SSSR count). The molecule has 0 radical (unpaired) electrons. The third kappa shape index (κ3) is 5.41. The summed E-state index contributed by atoms with van der Waals surface area (Å²) in [7, 11) is 5.69. The highest BCUT2D eigenvalue weighted by Gasteiger charge is 2.49. The van der Waals surface area contributed by atoms with Gasteiger partial charge < -0.3 is 29.9 Å². The second kappa shape index (κ2) is 11.0. The van der Waals surface area contributed by atoms with Crippen LogP contribution in [-0.2, 0) is 16.1 Å². The lowest BCUT2D eigenvalue weighted by Crippen LogP contribution is -2.66. The Morgan fingerprint density at radius 1 is 1.27 bits per heavy atom. The molecule has 11 nitrogen and oxygen atoms in total. The molecule has 2 N–H and O–H groups in total. The van der Waals surface area contributed by atoms with Crippen molar-refractivity contribution in [3.05, 3.63) is 66.3 Å². The lowest BCUT2D eigenvalue weighted by molar-refractivity contribution is -0.127. The van der Waals surface area contributed by atoms with Gasteiger partial charge in [0, 0.05) is 49.7 Å². The minimum atomic E-state index is -0.295. The number of rotatable bonds is 10. The first-order valence-corrected chi connectivity index (χ1v) is 14.1.